The maximum Gasteiger partial charge on any atom is 0.390 e. The lowest BCUT2D eigenvalue weighted by Crippen LogP contribution is -2.41. The zero-order valence-corrected chi connectivity index (χ0v) is 16.1. The fraction of sp³-hybridized carbons (Fsp3) is 0.600. The van der Waals surface area contributed by atoms with Crippen LogP contribution < -0.4 is 10.2 Å². The minimum Gasteiger partial charge on any atom is -0.356 e. The second-order valence-corrected chi connectivity index (χ2v) is 7.24. The molecule has 1 N–H and O–H groups in total. The van der Waals surface area contributed by atoms with Gasteiger partial charge in [-0.15, -0.1) is 0 Å². The molecule has 0 aromatic heterocycles. The van der Waals surface area contributed by atoms with Crippen molar-refractivity contribution in [2.45, 2.75) is 44.7 Å². The number of hydrogen-bond acceptors (Lipinski definition) is 2. The predicted molar refractivity (Wildman–Crippen MR) is 104 cm³/mol. The van der Waals surface area contributed by atoms with Crippen LogP contribution in [0.2, 0.25) is 0 Å². The second kappa shape index (κ2) is 8.84. The highest BCUT2D eigenvalue weighted by atomic mass is 19.4. The van der Waals surface area contributed by atoms with Crippen molar-refractivity contribution < 1.29 is 18.0 Å². The molecule has 0 aliphatic carbocycles. The van der Waals surface area contributed by atoms with Crippen LogP contribution in [0.1, 0.15) is 44.1 Å². The van der Waals surface area contributed by atoms with E-state index >= 15 is 0 Å². The summed E-state index contributed by atoms with van der Waals surface area (Å²) in [5.41, 5.74) is 2.14. The van der Waals surface area contributed by atoms with Gasteiger partial charge in [0.1, 0.15) is 0 Å². The molecule has 0 radical (unpaired) electrons. The molecule has 1 saturated heterocycles. The van der Waals surface area contributed by atoms with E-state index in [0.717, 1.165) is 30.6 Å². The van der Waals surface area contributed by atoms with Crippen molar-refractivity contribution in [1.29, 1.82) is 0 Å². The summed E-state index contributed by atoms with van der Waals surface area (Å²) < 4.78 is 37.5. The van der Waals surface area contributed by atoms with Crippen LogP contribution in [0.3, 0.4) is 0 Å². The number of guanidine groups is 1. The van der Waals surface area contributed by atoms with Gasteiger partial charge in [0, 0.05) is 44.2 Å². The molecular weight excluding hydrogens is 369 g/mol. The Labute approximate surface area is 163 Å². The van der Waals surface area contributed by atoms with Crippen LogP contribution in [0.5, 0.6) is 0 Å². The van der Waals surface area contributed by atoms with Crippen molar-refractivity contribution in [3.63, 3.8) is 0 Å². The SMILES string of the molecule is CCNC(=NCCC(F)(F)F)N1CC(CCN2CCCC2=O)c2ccccc21. The molecule has 1 aromatic rings. The number of benzene rings is 1. The Bertz CT molecular complexity index is 720. The normalized spacial score (nSPS) is 20.1. The summed E-state index contributed by atoms with van der Waals surface area (Å²) in [4.78, 5) is 20.0. The molecule has 0 bridgehead atoms. The predicted octanol–water partition coefficient (Wildman–Crippen LogP) is 3.52. The Balaban J connectivity index is 1.73. The quantitative estimate of drug-likeness (QED) is 0.591. The van der Waals surface area contributed by atoms with Crippen molar-refractivity contribution in [3.05, 3.63) is 29.8 Å². The van der Waals surface area contributed by atoms with E-state index in [2.05, 4.69) is 16.4 Å². The van der Waals surface area contributed by atoms with Gasteiger partial charge in [-0.25, -0.2) is 0 Å². The number of rotatable bonds is 6. The minimum absolute atomic E-state index is 0.213. The van der Waals surface area contributed by atoms with Gasteiger partial charge in [-0.1, -0.05) is 18.2 Å². The van der Waals surface area contributed by atoms with E-state index < -0.39 is 12.6 Å². The number of hydrogen-bond donors (Lipinski definition) is 1. The van der Waals surface area contributed by atoms with Gasteiger partial charge in [0.2, 0.25) is 5.91 Å². The summed E-state index contributed by atoms with van der Waals surface area (Å²) in [7, 11) is 0. The largest absolute Gasteiger partial charge is 0.390 e. The third-order valence-electron chi connectivity index (χ3n) is 5.24. The summed E-state index contributed by atoms with van der Waals surface area (Å²) in [6, 6.07) is 7.94. The topological polar surface area (TPSA) is 47.9 Å². The molecular formula is C20H27F3N4O. The van der Waals surface area contributed by atoms with Gasteiger partial charge < -0.3 is 15.1 Å². The van der Waals surface area contributed by atoms with Gasteiger partial charge in [-0.2, -0.15) is 13.2 Å². The summed E-state index contributed by atoms with van der Waals surface area (Å²) in [6.45, 7) is 4.37. The molecule has 8 heteroatoms. The average Bonchev–Trinajstić information content (AvgIpc) is 3.22. The van der Waals surface area contributed by atoms with Gasteiger partial charge in [0.15, 0.2) is 5.96 Å². The number of alkyl halides is 3. The number of halogens is 3. The van der Waals surface area contributed by atoms with Crippen LogP contribution in [0.4, 0.5) is 18.9 Å². The molecule has 2 aliphatic rings. The van der Waals surface area contributed by atoms with Crippen LogP contribution >= 0.6 is 0 Å². The zero-order valence-electron chi connectivity index (χ0n) is 16.1. The number of anilines is 1. The molecule has 1 aromatic carbocycles. The number of aliphatic imine (C=N–C) groups is 1. The van der Waals surface area contributed by atoms with Gasteiger partial charge >= 0.3 is 6.18 Å². The molecule has 2 aliphatic heterocycles. The molecule has 2 heterocycles. The highest BCUT2D eigenvalue weighted by Crippen LogP contribution is 2.38. The van der Waals surface area contributed by atoms with Gasteiger partial charge in [0.25, 0.3) is 0 Å². The number of carbonyl (C=O) groups excluding carboxylic acids is 1. The molecule has 0 saturated carbocycles. The standard InChI is InChI=1S/C20H27F3N4O/c1-2-24-19(25-11-10-20(21,22)23)27-14-15(16-6-3-4-7-17(16)27)9-13-26-12-5-8-18(26)28/h3-4,6-7,15H,2,5,8-14H2,1H3,(H,24,25). The monoisotopic (exact) mass is 396 g/mol. The first-order chi connectivity index (χ1) is 13.4. The van der Waals surface area contributed by atoms with Crippen molar-refractivity contribution in [1.82, 2.24) is 10.2 Å². The number of amides is 1. The molecule has 28 heavy (non-hydrogen) atoms. The van der Waals surface area contributed by atoms with Crippen LogP contribution in [-0.4, -0.2) is 55.7 Å². The first-order valence-corrected chi connectivity index (χ1v) is 9.88. The van der Waals surface area contributed by atoms with E-state index in [4.69, 9.17) is 0 Å². The molecule has 3 rings (SSSR count). The molecule has 5 nitrogen and oxygen atoms in total. The van der Waals surface area contributed by atoms with E-state index in [1.165, 1.54) is 0 Å². The lowest BCUT2D eigenvalue weighted by Gasteiger charge is -2.23. The molecule has 1 amide bonds. The summed E-state index contributed by atoms with van der Waals surface area (Å²) in [6.07, 6.45) is -2.76. The summed E-state index contributed by atoms with van der Waals surface area (Å²) in [5, 5.41) is 3.12. The van der Waals surface area contributed by atoms with E-state index in [1.807, 2.05) is 34.9 Å². The van der Waals surface area contributed by atoms with Crippen LogP contribution in [0.15, 0.2) is 29.3 Å². The molecule has 1 fully saturated rings. The maximum absolute atomic E-state index is 12.5. The Hall–Kier alpha value is -2.25. The number of carbonyl (C=O) groups is 1. The van der Waals surface area contributed by atoms with E-state index in [0.29, 0.717) is 32.0 Å². The number of nitrogens with one attached hydrogen (secondary N) is 1. The van der Waals surface area contributed by atoms with E-state index in [1.54, 1.807) is 0 Å². The highest BCUT2D eigenvalue weighted by Gasteiger charge is 2.32. The Morgan fingerprint density at radius 3 is 2.79 bits per heavy atom. The maximum atomic E-state index is 12.5. The van der Waals surface area contributed by atoms with Gasteiger partial charge in [0.05, 0.1) is 13.0 Å². The minimum atomic E-state index is -4.21. The first kappa shape index (κ1) is 20.5. The number of para-hydroxylation sites is 1. The van der Waals surface area contributed by atoms with Gasteiger partial charge in [-0.3, -0.25) is 9.79 Å². The third-order valence-corrected chi connectivity index (χ3v) is 5.24. The lowest BCUT2D eigenvalue weighted by atomic mass is 9.98. The van der Waals surface area contributed by atoms with Crippen molar-refractivity contribution in [2.75, 3.05) is 37.6 Å². The summed E-state index contributed by atoms with van der Waals surface area (Å²) in [5.74, 6) is 0.917. The smallest absolute Gasteiger partial charge is 0.356 e. The number of fused-ring (bicyclic) bond motifs is 1. The Morgan fingerprint density at radius 2 is 2.11 bits per heavy atom. The summed E-state index contributed by atoms with van der Waals surface area (Å²) >= 11 is 0. The van der Waals surface area contributed by atoms with E-state index in [-0.39, 0.29) is 18.4 Å². The van der Waals surface area contributed by atoms with Crippen LogP contribution in [0, 0.1) is 0 Å². The Morgan fingerprint density at radius 1 is 1.32 bits per heavy atom. The molecule has 1 atom stereocenters. The van der Waals surface area contributed by atoms with Crippen molar-refractivity contribution >= 4 is 17.6 Å². The third kappa shape index (κ3) is 4.97. The number of likely N-dealkylation sites (tertiary alicyclic amines) is 1. The second-order valence-electron chi connectivity index (χ2n) is 7.24. The van der Waals surface area contributed by atoms with Crippen molar-refractivity contribution in [2.24, 2.45) is 4.99 Å². The lowest BCUT2D eigenvalue weighted by molar-refractivity contribution is -0.132. The Kier molecular flexibility index (Phi) is 6.46. The zero-order chi connectivity index (χ0) is 20.1. The number of nitrogens with zero attached hydrogens (tertiary/aromatic N) is 3. The van der Waals surface area contributed by atoms with Crippen LogP contribution in [-0.2, 0) is 4.79 Å². The molecule has 0 spiro atoms. The fourth-order valence-corrected chi connectivity index (χ4v) is 3.88. The molecule has 154 valence electrons. The van der Waals surface area contributed by atoms with Gasteiger partial charge in [-0.05, 0) is 31.4 Å². The van der Waals surface area contributed by atoms with Crippen molar-refractivity contribution in [3.8, 4) is 0 Å². The fourth-order valence-electron chi connectivity index (χ4n) is 3.88. The van der Waals surface area contributed by atoms with E-state index in [9.17, 15) is 18.0 Å². The van der Waals surface area contributed by atoms with Crippen LogP contribution in [0.25, 0.3) is 0 Å². The average molecular weight is 396 g/mol. The molecule has 1 unspecified atom stereocenters. The highest BCUT2D eigenvalue weighted by molar-refractivity contribution is 5.98. The first-order valence-electron chi connectivity index (χ1n) is 9.88.